The van der Waals surface area contributed by atoms with Crippen LogP contribution in [0.4, 0.5) is 0 Å². The van der Waals surface area contributed by atoms with E-state index in [0.29, 0.717) is 12.8 Å². The zero-order chi connectivity index (χ0) is 21.9. The number of nitrogens with two attached hydrogens (primary N) is 1. The van der Waals surface area contributed by atoms with Gasteiger partial charge in [0.05, 0.1) is 6.04 Å². The molecule has 9 nitrogen and oxygen atoms in total. The van der Waals surface area contributed by atoms with Crippen LogP contribution in [0.25, 0.3) is 0 Å². The summed E-state index contributed by atoms with van der Waals surface area (Å²) >= 11 is 5.63. The topological polar surface area (TPSA) is 151 Å². The lowest BCUT2D eigenvalue weighted by Gasteiger charge is -2.27. The number of hydrogen-bond donors (Lipinski definition) is 6. The summed E-state index contributed by atoms with van der Waals surface area (Å²) in [6, 6.07) is -3.74. The zero-order valence-corrected chi connectivity index (χ0v) is 18.4. The van der Waals surface area contributed by atoms with Crippen LogP contribution in [0.2, 0.25) is 0 Å². The van der Waals surface area contributed by atoms with Crippen LogP contribution in [-0.4, -0.2) is 70.7 Å². The molecule has 0 fully saturated rings. The Morgan fingerprint density at radius 1 is 1.07 bits per heavy atom. The monoisotopic (exact) mass is 436 g/mol. The van der Waals surface area contributed by atoms with Crippen LogP contribution in [0.5, 0.6) is 0 Å². The molecule has 0 aliphatic rings. The van der Waals surface area contributed by atoms with Crippen molar-refractivity contribution in [3.63, 3.8) is 0 Å². The number of aliphatic carboxylic acids is 1. The van der Waals surface area contributed by atoms with E-state index in [0.717, 1.165) is 5.75 Å². The summed E-state index contributed by atoms with van der Waals surface area (Å²) in [7, 11) is 0. The Kier molecular flexibility index (Phi) is 13.0. The van der Waals surface area contributed by atoms with E-state index in [2.05, 4.69) is 28.6 Å². The summed E-state index contributed by atoms with van der Waals surface area (Å²) in [4.78, 5) is 48.1. The number of thioether (sulfide) groups is 1. The number of amides is 3. The maximum Gasteiger partial charge on any atom is 0.325 e. The van der Waals surface area contributed by atoms with Crippen molar-refractivity contribution in [1.82, 2.24) is 16.0 Å². The number of thiol groups is 1. The minimum atomic E-state index is -1.19. The SMILES string of the molecule is CCC(C)C(NC(=O)C(N)CCSC)C(=O)NC(CS)C(=O)NC(C)C(=O)O. The van der Waals surface area contributed by atoms with E-state index in [1.165, 1.54) is 6.92 Å². The first-order valence-corrected chi connectivity index (χ1v) is 11.1. The third kappa shape index (κ3) is 9.16. The second kappa shape index (κ2) is 13.7. The Bertz CT molecular complexity index is 550. The molecule has 0 heterocycles. The van der Waals surface area contributed by atoms with Crippen molar-refractivity contribution in [2.45, 2.75) is 57.8 Å². The third-order valence-corrected chi connectivity index (χ3v) is 5.32. The highest BCUT2D eigenvalue weighted by molar-refractivity contribution is 7.98. The minimum absolute atomic E-state index is 0.0294. The largest absolute Gasteiger partial charge is 0.480 e. The predicted molar refractivity (Wildman–Crippen MR) is 113 cm³/mol. The zero-order valence-electron chi connectivity index (χ0n) is 16.7. The Hall–Kier alpha value is -1.46. The standard InChI is InChI=1S/C17H32N4O5S2/c1-5-9(2)13(21-14(22)11(18)6-7-28-4)16(24)20-12(8-27)15(23)19-10(3)17(25)26/h9-13,27H,5-8,18H2,1-4H3,(H,19,23)(H,20,24)(H,21,22)(H,25,26). The molecule has 3 amide bonds. The lowest BCUT2D eigenvalue weighted by atomic mass is 9.97. The first-order valence-electron chi connectivity index (χ1n) is 9.08. The van der Waals surface area contributed by atoms with Crippen molar-refractivity contribution in [2.75, 3.05) is 17.8 Å². The van der Waals surface area contributed by atoms with Gasteiger partial charge in [-0.05, 0) is 31.3 Å². The van der Waals surface area contributed by atoms with Gasteiger partial charge in [-0.3, -0.25) is 19.2 Å². The van der Waals surface area contributed by atoms with Gasteiger partial charge in [-0.2, -0.15) is 24.4 Å². The lowest BCUT2D eigenvalue weighted by molar-refractivity contribution is -0.141. The summed E-state index contributed by atoms with van der Waals surface area (Å²) in [5, 5.41) is 16.4. The van der Waals surface area contributed by atoms with Crippen molar-refractivity contribution in [1.29, 1.82) is 0 Å². The van der Waals surface area contributed by atoms with Gasteiger partial charge in [0.1, 0.15) is 18.1 Å². The van der Waals surface area contributed by atoms with E-state index in [1.807, 2.05) is 13.2 Å². The molecular weight excluding hydrogens is 404 g/mol. The molecule has 0 aromatic heterocycles. The van der Waals surface area contributed by atoms with Crippen LogP contribution >= 0.6 is 24.4 Å². The average Bonchev–Trinajstić information content (AvgIpc) is 2.66. The van der Waals surface area contributed by atoms with Crippen molar-refractivity contribution in [3.8, 4) is 0 Å². The molecule has 5 atom stereocenters. The van der Waals surface area contributed by atoms with Gasteiger partial charge in [-0.15, -0.1) is 0 Å². The summed E-state index contributed by atoms with van der Waals surface area (Å²) in [5.74, 6) is -2.33. The van der Waals surface area contributed by atoms with Crippen LogP contribution in [0.15, 0.2) is 0 Å². The van der Waals surface area contributed by atoms with E-state index in [9.17, 15) is 19.2 Å². The van der Waals surface area contributed by atoms with Gasteiger partial charge in [0.2, 0.25) is 17.7 Å². The Morgan fingerprint density at radius 2 is 1.68 bits per heavy atom. The van der Waals surface area contributed by atoms with Gasteiger partial charge < -0.3 is 26.8 Å². The normalized spacial score (nSPS) is 16.2. The van der Waals surface area contributed by atoms with Crippen LogP contribution in [0.3, 0.4) is 0 Å². The summed E-state index contributed by atoms with van der Waals surface area (Å²) < 4.78 is 0. The molecule has 0 aliphatic carbocycles. The highest BCUT2D eigenvalue weighted by Gasteiger charge is 2.31. The van der Waals surface area contributed by atoms with E-state index in [-0.39, 0.29) is 11.7 Å². The van der Waals surface area contributed by atoms with E-state index in [4.69, 9.17) is 10.8 Å². The number of carboxylic acid groups (broad SMARTS) is 1. The van der Waals surface area contributed by atoms with Gasteiger partial charge in [0.25, 0.3) is 0 Å². The molecule has 162 valence electrons. The van der Waals surface area contributed by atoms with Gasteiger partial charge in [0.15, 0.2) is 0 Å². The molecule has 0 bridgehead atoms. The number of rotatable bonds is 13. The third-order valence-electron chi connectivity index (χ3n) is 4.31. The Labute approximate surface area is 175 Å². The fourth-order valence-corrected chi connectivity index (χ4v) is 2.92. The second-order valence-electron chi connectivity index (χ2n) is 6.57. The highest BCUT2D eigenvalue weighted by Crippen LogP contribution is 2.10. The Balaban J connectivity index is 5.10. The first-order chi connectivity index (χ1) is 13.1. The quantitative estimate of drug-likeness (QED) is 0.215. The fourth-order valence-electron chi connectivity index (χ4n) is 2.17. The second-order valence-corrected chi connectivity index (χ2v) is 7.92. The molecule has 0 rings (SSSR count). The minimum Gasteiger partial charge on any atom is -0.480 e. The smallest absolute Gasteiger partial charge is 0.325 e. The molecule has 0 aromatic carbocycles. The Morgan fingerprint density at radius 3 is 2.14 bits per heavy atom. The van der Waals surface area contributed by atoms with Crippen LogP contribution in [-0.2, 0) is 19.2 Å². The predicted octanol–water partition coefficient (Wildman–Crippen LogP) is -0.398. The molecular formula is C17H32N4O5S2. The van der Waals surface area contributed by atoms with Crippen LogP contribution in [0.1, 0.15) is 33.6 Å². The maximum absolute atomic E-state index is 12.7. The van der Waals surface area contributed by atoms with Crippen molar-refractivity contribution >= 4 is 48.1 Å². The molecule has 0 radical (unpaired) electrons. The molecule has 0 aliphatic heterocycles. The number of carbonyl (C=O) groups excluding carboxylic acids is 3. The molecule has 0 spiro atoms. The number of carboxylic acids is 1. The van der Waals surface area contributed by atoms with Crippen molar-refractivity contribution in [2.24, 2.45) is 11.7 Å². The summed E-state index contributed by atoms with van der Waals surface area (Å²) in [5.41, 5.74) is 5.86. The lowest BCUT2D eigenvalue weighted by Crippen LogP contribution is -2.59. The highest BCUT2D eigenvalue weighted by atomic mass is 32.2. The van der Waals surface area contributed by atoms with E-state index in [1.54, 1.807) is 18.7 Å². The molecule has 0 aromatic rings. The maximum atomic E-state index is 12.7. The van der Waals surface area contributed by atoms with Crippen molar-refractivity contribution in [3.05, 3.63) is 0 Å². The fraction of sp³-hybridized carbons (Fsp3) is 0.765. The number of carbonyl (C=O) groups is 4. The molecule has 0 saturated carbocycles. The molecule has 0 saturated heterocycles. The van der Waals surface area contributed by atoms with Crippen LogP contribution < -0.4 is 21.7 Å². The van der Waals surface area contributed by atoms with E-state index >= 15 is 0 Å². The summed E-state index contributed by atoms with van der Waals surface area (Å²) in [6.07, 6.45) is 3.01. The molecule has 6 N–H and O–H groups in total. The van der Waals surface area contributed by atoms with Gasteiger partial charge in [0, 0.05) is 5.75 Å². The molecule has 11 heteroatoms. The molecule has 5 unspecified atom stereocenters. The van der Waals surface area contributed by atoms with E-state index < -0.39 is 47.9 Å². The first kappa shape index (κ1) is 26.5. The summed E-state index contributed by atoms with van der Waals surface area (Å²) in [6.45, 7) is 5.00. The number of hydrogen-bond acceptors (Lipinski definition) is 7. The van der Waals surface area contributed by atoms with Gasteiger partial charge in [-0.1, -0.05) is 20.3 Å². The number of nitrogens with one attached hydrogen (secondary N) is 3. The van der Waals surface area contributed by atoms with Crippen molar-refractivity contribution < 1.29 is 24.3 Å². The average molecular weight is 437 g/mol. The van der Waals surface area contributed by atoms with Gasteiger partial charge >= 0.3 is 5.97 Å². The van der Waals surface area contributed by atoms with Gasteiger partial charge in [-0.25, -0.2) is 0 Å². The molecule has 28 heavy (non-hydrogen) atoms. The van der Waals surface area contributed by atoms with Crippen LogP contribution in [0, 0.1) is 5.92 Å².